The fraction of sp³-hybridized carbons (Fsp3) is 0.222. The second-order valence-electron chi connectivity index (χ2n) is 6.10. The van der Waals surface area contributed by atoms with Crippen molar-refractivity contribution in [2.75, 3.05) is 10.2 Å². The van der Waals surface area contributed by atoms with E-state index in [0.717, 1.165) is 16.6 Å². The summed E-state index contributed by atoms with van der Waals surface area (Å²) in [6.45, 7) is 1.22. The van der Waals surface area contributed by atoms with Crippen LogP contribution in [-0.2, 0) is 28.9 Å². The number of amides is 2. The Labute approximate surface area is 167 Å². The molecule has 1 N–H and O–H groups in total. The van der Waals surface area contributed by atoms with Gasteiger partial charge in [0.1, 0.15) is 12.9 Å². The first-order chi connectivity index (χ1) is 13.7. The monoisotopic (exact) mass is 423 g/mol. The number of hydrogen-bond acceptors (Lipinski definition) is 5. The summed E-state index contributed by atoms with van der Waals surface area (Å²) in [5.41, 5.74) is 1.98. The lowest BCUT2D eigenvalue weighted by Gasteiger charge is -2.23. The van der Waals surface area contributed by atoms with Crippen molar-refractivity contribution in [3.63, 3.8) is 0 Å². The van der Waals surface area contributed by atoms with E-state index in [0.29, 0.717) is 11.4 Å². The van der Waals surface area contributed by atoms with Gasteiger partial charge in [-0.2, -0.15) is 24.5 Å². The van der Waals surface area contributed by atoms with Crippen molar-refractivity contribution in [1.29, 1.82) is 0 Å². The van der Waals surface area contributed by atoms with E-state index >= 15 is 0 Å². The molecule has 0 bridgehead atoms. The highest BCUT2D eigenvalue weighted by Crippen LogP contribution is 2.26. The first kappa shape index (κ1) is 20.5. The summed E-state index contributed by atoms with van der Waals surface area (Å²) in [5.74, 6) is -1.98. The number of benzene rings is 1. The lowest BCUT2D eigenvalue weighted by Crippen LogP contribution is -2.33. The van der Waals surface area contributed by atoms with Gasteiger partial charge in [-0.05, 0) is 46.7 Å². The maximum absolute atomic E-state index is 12.9. The molecule has 0 radical (unpaired) electrons. The fourth-order valence-electron chi connectivity index (χ4n) is 2.54. The molecule has 1 aromatic carbocycles. The van der Waals surface area contributed by atoms with Gasteiger partial charge in [0.15, 0.2) is 0 Å². The van der Waals surface area contributed by atoms with Crippen molar-refractivity contribution in [3.8, 4) is 0 Å². The lowest BCUT2D eigenvalue weighted by atomic mass is 10.2. The average Bonchev–Trinajstić information content (AvgIpc) is 3.31. The molecule has 0 atom stereocenters. The van der Waals surface area contributed by atoms with Gasteiger partial charge < -0.3 is 10.2 Å². The number of nitrogens with zero attached hydrogens (tertiary/aromatic N) is 4. The fourth-order valence-corrected chi connectivity index (χ4v) is 3.20. The first-order valence-electron chi connectivity index (χ1n) is 8.38. The Morgan fingerprint density at radius 2 is 1.93 bits per heavy atom. The third kappa shape index (κ3) is 5.41. The third-order valence-electron chi connectivity index (χ3n) is 3.81. The maximum Gasteiger partial charge on any atom is 0.453 e. The van der Waals surface area contributed by atoms with Crippen LogP contribution >= 0.6 is 11.3 Å². The van der Waals surface area contributed by atoms with Gasteiger partial charge in [0.2, 0.25) is 11.8 Å². The molecule has 152 valence electrons. The zero-order valence-electron chi connectivity index (χ0n) is 15.2. The summed E-state index contributed by atoms with van der Waals surface area (Å²) in [6.07, 6.45) is -3.80. The highest BCUT2D eigenvalue weighted by atomic mass is 32.1. The number of nitrogens with one attached hydrogen (secondary N) is 1. The van der Waals surface area contributed by atoms with Crippen LogP contribution < -0.4 is 10.2 Å². The van der Waals surface area contributed by atoms with Crippen LogP contribution in [0.3, 0.4) is 0 Å². The Morgan fingerprint density at radius 1 is 1.21 bits per heavy atom. The van der Waals surface area contributed by atoms with Crippen molar-refractivity contribution in [3.05, 3.63) is 58.8 Å². The Morgan fingerprint density at radius 3 is 2.48 bits per heavy atom. The molecule has 7 nitrogen and oxygen atoms in total. The maximum atomic E-state index is 12.9. The summed E-state index contributed by atoms with van der Waals surface area (Å²) in [7, 11) is 0. The SMILES string of the molecule is CC(=O)Nc1ccc(N(Cc2ccsc2)C(=O)Cn2cnc(C(F)(F)F)n2)cc1. The van der Waals surface area contributed by atoms with Crippen LogP contribution in [-0.4, -0.2) is 26.6 Å². The standard InChI is InChI=1S/C18H16F3N5O2S/c1-12(27)23-14-2-4-15(5-3-14)26(8-13-6-7-29-10-13)16(28)9-25-11-22-17(24-25)18(19,20)21/h2-7,10-11H,8-9H2,1H3,(H,23,27). The third-order valence-corrected chi connectivity index (χ3v) is 4.54. The van der Waals surface area contributed by atoms with Gasteiger partial charge in [-0.25, -0.2) is 9.67 Å². The molecule has 0 spiro atoms. The highest BCUT2D eigenvalue weighted by molar-refractivity contribution is 7.07. The molecule has 0 aliphatic carbocycles. The molecule has 11 heteroatoms. The van der Waals surface area contributed by atoms with Gasteiger partial charge in [-0.1, -0.05) is 0 Å². The minimum atomic E-state index is -4.68. The molecule has 2 heterocycles. The Kier molecular flexibility index (Phi) is 5.97. The topological polar surface area (TPSA) is 80.1 Å². The van der Waals surface area contributed by atoms with E-state index in [9.17, 15) is 22.8 Å². The van der Waals surface area contributed by atoms with E-state index in [1.807, 2.05) is 16.8 Å². The molecule has 0 fully saturated rings. The van der Waals surface area contributed by atoms with Crippen molar-refractivity contribution in [1.82, 2.24) is 14.8 Å². The van der Waals surface area contributed by atoms with Crippen molar-refractivity contribution in [2.45, 2.75) is 26.2 Å². The van der Waals surface area contributed by atoms with Gasteiger partial charge in [0.05, 0.1) is 6.54 Å². The number of anilines is 2. The molecule has 3 aromatic rings. The number of aromatic nitrogens is 3. The zero-order valence-corrected chi connectivity index (χ0v) is 16.0. The van der Waals surface area contributed by atoms with E-state index in [2.05, 4.69) is 15.4 Å². The quantitative estimate of drug-likeness (QED) is 0.658. The normalized spacial score (nSPS) is 11.3. The van der Waals surface area contributed by atoms with Crippen LogP contribution in [0.15, 0.2) is 47.4 Å². The molecule has 0 aliphatic rings. The van der Waals surface area contributed by atoms with Crippen LogP contribution in [0.2, 0.25) is 0 Å². The van der Waals surface area contributed by atoms with Gasteiger partial charge in [0.25, 0.3) is 5.82 Å². The molecule has 2 amide bonds. The second kappa shape index (κ2) is 8.43. The lowest BCUT2D eigenvalue weighted by molar-refractivity contribution is -0.145. The number of rotatable bonds is 6. The van der Waals surface area contributed by atoms with Crippen LogP contribution in [0.5, 0.6) is 0 Å². The van der Waals surface area contributed by atoms with E-state index in [1.165, 1.54) is 23.2 Å². The number of alkyl halides is 3. The number of carbonyl (C=O) groups excluding carboxylic acids is 2. The van der Waals surface area contributed by atoms with Crippen molar-refractivity contribution in [2.24, 2.45) is 0 Å². The number of thiophene rings is 1. The summed E-state index contributed by atoms with van der Waals surface area (Å²) >= 11 is 1.47. The largest absolute Gasteiger partial charge is 0.453 e. The van der Waals surface area contributed by atoms with E-state index < -0.39 is 24.5 Å². The molecule has 0 unspecified atom stereocenters. The highest BCUT2D eigenvalue weighted by Gasteiger charge is 2.36. The molecule has 0 saturated heterocycles. The Balaban J connectivity index is 1.82. The first-order valence-corrected chi connectivity index (χ1v) is 9.32. The van der Waals surface area contributed by atoms with E-state index in [4.69, 9.17) is 0 Å². The second-order valence-corrected chi connectivity index (χ2v) is 6.88. The van der Waals surface area contributed by atoms with Gasteiger partial charge in [0, 0.05) is 18.3 Å². The number of halogens is 3. The van der Waals surface area contributed by atoms with Crippen LogP contribution in [0.1, 0.15) is 18.3 Å². The number of carbonyl (C=O) groups is 2. The zero-order chi connectivity index (χ0) is 21.0. The summed E-state index contributed by atoms with van der Waals surface area (Å²) in [5, 5.41) is 9.71. The van der Waals surface area contributed by atoms with Crippen molar-refractivity contribution < 1.29 is 22.8 Å². The van der Waals surface area contributed by atoms with Crippen LogP contribution in [0.25, 0.3) is 0 Å². The minimum Gasteiger partial charge on any atom is -0.326 e. The molecule has 3 rings (SSSR count). The Bertz CT molecular complexity index is 984. The van der Waals surface area contributed by atoms with Crippen molar-refractivity contribution >= 4 is 34.5 Å². The molecular weight excluding hydrogens is 407 g/mol. The molecule has 29 heavy (non-hydrogen) atoms. The summed E-state index contributed by atoms with van der Waals surface area (Å²) in [4.78, 5) is 28.7. The predicted octanol–water partition coefficient (Wildman–Crippen LogP) is 3.55. The summed E-state index contributed by atoms with van der Waals surface area (Å²) < 4.78 is 38.9. The number of hydrogen-bond donors (Lipinski definition) is 1. The molecule has 0 saturated carbocycles. The van der Waals surface area contributed by atoms with Gasteiger partial charge in [-0.3, -0.25) is 9.59 Å². The molecule has 0 aliphatic heterocycles. The van der Waals surface area contributed by atoms with E-state index in [-0.39, 0.29) is 12.5 Å². The smallest absolute Gasteiger partial charge is 0.326 e. The molecular formula is C18H16F3N5O2S. The summed E-state index contributed by atoms with van der Waals surface area (Å²) in [6, 6.07) is 8.44. The average molecular weight is 423 g/mol. The van der Waals surface area contributed by atoms with E-state index in [1.54, 1.807) is 24.3 Å². The van der Waals surface area contributed by atoms with Crippen LogP contribution in [0.4, 0.5) is 24.5 Å². The predicted molar refractivity (Wildman–Crippen MR) is 101 cm³/mol. The molecule has 2 aromatic heterocycles. The van der Waals surface area contributed by atoms with Gasteiger partial charge >= 0.3 is 6.18 Å². The van der Waals surface area contributed by atoms with Crippen LogP contribution in [0, 0.1) is 0 Å². The van der Waals surface area contributed by atoms with Gasteiger partial charge in [-0.15, -0.1) is 5.10 Å². The Hall–Kier alpha value is -3.21. The minimum absolute atomic E-state index is 0.226.